The summed E-state index contributed by atoms with van der Waals surface area (Å²) in [5, 5.41) is 11.0. The summed E-state index contributed by atoms with van der Waals surface area (Å²) in [4.78, 5) is 14.6. The molecular weight excluding hydrogens is 757 g/mol. The maximum Gasteiger partial charge on any atom is 0.511 e. The molecule has 12 nitrogen and oxygen atoms in total. The van der Waals surface area contributed by atoms with Gasteiger partial charge in [-0.25, -0.2) is 30.0 Å². The number of alkyl halides is 3. The number of carboxylic acid groups (broad SMARTS) is 1. The topological polar surface area (TPSA) is 170 Å². The van der Waals surface area contributed by atoms with Gasteiger partial charge in [0.2, 0.25) is 20.0 Å². The lowest BCUT2D eigenvalue weighted by Gasteiger charge is -2.30. The van der Waals surface area contributed by atoms with Gasteiger partial charge in [-0.2, -0.15) is 17.5 Å². The Kier molecular flexibility index (Phi) is 11.5. The SMILES string of the molecule is O=C(O)C1(N(CCNS(=O)(=O)C(F)(F)F)S(=O)(=O)c2ccc(-c3ccc(Cl)cc3)cc2)CC1c1cccc(NS(=O)(=O)CCN2CCCCC2)c1. The Morgan fingerprint density at radius 2 is 1.53 bits per heavy atom. The van der Waals surface area contributed by atoms with Crippen LogP contribution in [0.15, 0.2) is 77.7 Å². The summed E-state index contributed by atoms with van der Waals surface area (Å²) in [5.74, 6) is -2.88. The van der Waals surface area contributed by atoms with Crippen molar-refractivity contribution in [3.8, 4) is 11.1 Å². The van der Waals surface area contributed by atoms with Crippen LogP contribution in [-0.4, -0.2) is 95.1 Å². The molecule has 1 heterocycles. The number of aliphatic carboxylic acids is 1. The van der Waals surface area contributed by atoms with Crippen molar-refractivity contribution in [1.82, 2.24) is 13.9 Å². The van der Waals surface area contributed by atoms with Crippen LogP contribution in [0.4, 0.5) is 18.9 Å². The number of hydrogen-bond donors (Lipinski definition) is 3. The highest BCUT2D eigenvalue weighted by Crippen LogP contribution is 2.57. The minimum Gasteiger partial charge on any atom is -0.480 e. The number of likely N-dealkylation sites (tertiary alicyclic amines) is 1. The number of piperidine rings is 1. The second-order valence-electron chi connectivity index (χ2n) is 12.4. The van der Waals surface area contributed by atoms with E-state index in [9.17, 15) is 48.3 Å². The fourth-order valence-corrected chi connectivity index (χ4v) is 9.74. The minimum absolute atomic E-state index is 0.113. The molecule has 0 spiro atoms. The molecule has 19 heteroatoms. The van der Waals surface area contributed by atoms with E-state index in [-0.39, 0.29) is 28.3 Å². The van der Waals surface area contributed by atoms with E-state index < -0.39 is 66.1 Å². The van der Waals surface area contributed by atoms with Crippen LogP contribution in [0.5, 0.6) is 0 Å². The van der Waals surface area contributed by atoms with E-state index in [2.05, 4.69) is 9.62 Å². The zero-order valence-corrected chi connectivity index (χ0v) is 30.2. The Labute approximate surface area is 299 Å². The predicted octanol–water partition coefficient (Wildman–Crippen LogP) is 4.68. The minimum atomic E-state index is -5.89. The Morgan fingerprint density at radius 1 is 0.922 bits per heavy atom. The molecule has 2 aliphatic rings. The first-order chi connectivity index (χ1) is 23.9. The summed E-state index contributed by atoms with van der Waals surface area (Å²) in [6.45, 7) is -0.142. The van der Waals surface area contributed by atoms with Gasteiger partial charge in [-0.1, -0.05) is 54.4 Å². The van der Waals surface area contributed by atoms with Crippen molar-refractivity contribution in [2.75, 3.05) is 43.2 Å². The lowest BCUT2D eigenvalue weighted by atomic mass is 10.1. The standard InChI is InChI=1S/C32H36ClF3N4O8S3/c33-26-11-7-23(8-12-26)24-9-13-28(14-10-24)50(45,46)40(18-15-37-51(47,48)32(34,35)36)31(30(41)42)22-29(31)25-5-4-6-27(21-25)38-49(43,44)20-19-39-16-2-1-3-17-39/h4-14,21,29,37-38H,1-3,15-20,22H2,(H,41,42). The Hall–Kier alpha value is -3.26. The van der Waals surface area contributed by atoms with E-state index in [1.54, 1.807) is 24.3 Å². The summed E-state index contributed by atoms with van der Waals surface area (Å²) < 4.78 is 121. The monoisotopic (exact) mass is 792 g/mol. The maximum atomic E-state index is 14.2. The number of hydrogen-bond acceptors (Lipinski definition) is 8. The first-order valence-electron chi connectivity index (χ1n) is 15.9. The van der Waals surface area contributed by atoms with E-state index in [4.69, 9.17) is 11.6 Å². The first kappa shape index (κ1) is 39.0. The van der Waals surface area contributed by atoms with Gasteiger partial charge in [0.1, 0.15) is 5.54 Å². The van der Waals surface area contributed by atoms with Crippen LogP contribution in [0.2, 0.25) is 5.02 Å². The average molecular weight is 793 g/mol. The fraction of sp³-hybridized carbons (Fsp3) is 0.406. The van der Waals surface area contributed by atoms with Gasteiger partial charge in [0, 0.05) is 36.3 Å². The molecule has 0 bridgehead atoms. The number of nitrogens with zero attached hydrogens (tertiary/aromatic N) is 2. The van der Waals surface area contributed by atoms with Gasteiger partial charge in [-0.15, -0.1) is 0 Å². The molecule has 0 radical (unpaired) electrons. The molecular formula is C32H36ClF3N4O8S3. The van der Waals surface area contributed by atoms with Gasteiger partial charge < -0.3 is 10.0 Å². The van der Waals surface area contributed by atoms with Gasteiger partial charge >= 0.3 is 21.5 Å². The molecule has 1 saturated heterocycles. The largest absolute Gasteiger partial charge is 0.511 e. The van der Waals surface area contributed by atoms with Gasteiger partial charge in [-0.05, 0) is 85.4 Å². The first-order valence-corrected chi connectivity index (χ1v) is 20.8. The number of nitrogens with one attached hydrogen (secondary N) is 2. The van der Waals surface area contributed by atoms with E-state index in [0.717, 1.165) is 32.4 Å². The average Bonchev–Trinajstić information content (AvgIpc) is 3.83. The summed E-state index contributed by atoms with van der Waals surface area (Å²) in [6.07, 6.45) is 2.73. The number of sulfonamides is 3. The van der Waals surface area contributed by atoms with E-state index in [1.165, 1.54) is 53.3 Å². The molecule has 2 fully saturated rings. The number of benzene rings is 3. The van der Waals surface area contributed by atoms with E-state index >= 15 is 0 Å². The molecule has 3 aromatic rings. The summed E-state index contributed by atoms with van der Waals surface area (Å²) in [5.41, 5.74) is -6.30. The second-order valence-corrected chi connectivity index (χ2v) is 18.3. The normalized spacial score (nSPS) is 20.3. The lowest BCUT2D eigenvalue weighted by molar-refractivity contribution is -0.143. The zero-order chi connectivity index (χ0) is 37.2. The highest BCUT2D eigenvalue weighted by Gasteiger charge is 2.68. The number of anilines is 1. The lowest BCUT2D eigenvalue weighted by Crippen LogP contribution is -2.51. The van der Waals surface area contributed by atoms with Crippen LogP contribution in [0, 0.1) is 0 Å². The zero-order valence-electron chi connectivity index (χ0n) is 27.0. The van der Waals surface area contributed by atoms with Crippen molar-refractivity contribution in [2.45, 2.75) is 47.5 Å². The molecule has 1 saturated carbocycles. The van der Waals surface area contributed by atoms with E-state index in [1.807, 2.05) is 0 Å². The molecule has 1 aliphatic heterocycles. The molecule has 3 aromatic carbocycles. The molecule has 5 rings (SSSR count). The highest BCUT2D eigenvalue weighted by molar-refractivity contribution is 7.92. The second kappa shape index (κ2) is 15.0. The van der Waals surface area contributed by atoms with Gasteiger partial charge in [-0.3, -0.25) is 9.52 Å². The number of carboxylic acids is 1. The molecule has 0 amide bonds. The van der Waals surface area contributed by atoms with Gasteiger partial charge in [0.05, 0.1) is 10.6 Å². The Bertz CT molecular complexity index is 2060. The molecule has 51 heavy (non-hydrogen) atoms. The third kappa shape index (κ3) is 8.86. The van der Waals surface area contributed by atoms with Crippen molar-refractivity contribution in [3.05, 3.63) is 83.4 Å². The number of carbonyl (C=O) groups is 1. The maximum absolute atomic E-state index is 14.2. The van der Waals surface area contributed by atoms with Crippen LogP contribution in [-0.2, 0) is 34.9 Å². The van der Waals surface area contributed by atoms with Crippen LogP contribution in [0.1, 0.15) is 37.2 Å². The molecule has 3 N–H and O–H groups in total. The van der Waals surface area contributed by atoms with Crippen molar-refractivity contribution >= 4 is 53.3 Å². The summed E-state index contributed by atoms with van der Waals surface area (Å²) in [6, 6.07) is 17.8. The molecule has 278 valence electrons. The van der Waals surface area contributed by atoms with E-state index in [0.29, 0.717) is 27.0 Å². The molecule has 2 atom stereocenters. The smallest absolute Gasteiger partial charge is 0.480 e. The van der Waals surface area contributed by atoms with Crippen molar-refractivity contribution in [1.29, 1.82) is 0 Å². The molecule has 2 unspecified atom stereocenters. The van der Waals surface area contributed by atoms with Crippen LogP contribution in [0.25, 0.3) is 11.1 Å². The Morgan fingerprint density at radius 3 is 2.12 bits per heavy atom. The molecule has 0 aromatic heterocycles. The van der Waals surface area contributed by atoms with Crippen LogP contribution in [0.3, 0.4) is 0 Å². The van der Waals surface area contributed by atoms with Crippen molar-refractivity contribution < 1.29 is 48.3 Å². The van der Waals surface area contributed by atoms with Crippen molar-refractivity contribution in [3.63, 3.8) is 0 Å². The van der Waals surface area contributed by atoms with Crippen LogP contribution >= 0.6 is 11.6 Å². The van der Waals surface area contributed by atoms with Gasteiger partial charge in [0.25, 0.3) is 0 Å². The number of halogens is 4. The summed E-state index contributed by atoms with van der Waals surface area (Å²) >= 11 is 5.95. The predicted molar refractivity (Wildman–Crippen MR) is 186 cm³/mol. The summed E-state index contributed by atoms with van der Waals surface area (Å²) in [7, 11) is -14.5. The number of rotatable bonds is 15. The quantitative estimate of drug-likeness (QED) is 0.198. The third-order valence-electron chi connectivity index (χ3n) is 8.97. The molecule has 1 aliphatic carbocycles. The Balaban J connectivity index is 1.43. The van der Waals surface area contributed by atoms with Gasteiger partial charge in [0.15, 0.2) is 0 Å². The van der Waals surface area contributed by atoms with Crippen molar-refractivity contribution in [2.24, 2.45) is 0 Å². The highest BCUT2D eigenvalue weighted by atomic mass is 35.5. The van der Waals surface area contributed by atoms with Crippen LogP contribution < -0.4 is 9.44 Å². The third-order valence-corrected chi connectivity index (χ3v) is 13.6. The fourth-order valence-electron chi connectivity index (χ4n) is 6.23.